The standard InChI is InChI=1S/C23H30N3O6P/c1-4-16-19(20(29-3)21(30-16)25-14-12-18(27)24-22(25)28)31-33-26-13-8-11-17(26)23(2,32-33)15-9-6-5-7-10-15/h5-7,9-10,12,14,16-17,19-21H,4,8,11,13H2,1-3H3,(H,24,27,28)/t16-,17+,19?,20+,21-,23-,33+/m1/s1. The molecule has 1 aromatic carbocycles. The average molecular weight is 475 g/mol. The van der Waals surface area contributed by atoms with Gasteiger partial charge in [-0.1, -0.05) is 37.3 Å². The van der Waals surface area contributed by atoms with E-state index >= 15 is 0 Å². The molecule has 3 aliphatic rings. The summed E-state index contributed by atoms with van der Waals surface area (Å²) in [5, 5.41) is 0. The van der Waals surface area contributed by atoms with Gasteiger partial charge in [-0.25, -0.2) is 9.46 Å². The molecule has 3 aliphatic heterocycles. The highest BCUT2D eigenvalue weighted by atomic mass is 31.2. The lowest BCUT2D eigenvalue weighted by atomic mass is 9.87. The summed E-state index contributed by atoms with van der Waals surface area (Å²) in [5.74, 6) is 0. The fourth-order valence-corrected chi connectivity index (χ4v) is 7.40. The molecule has 1 aromatic heterocycles. The summed E-state index contributed by atoms with van der Waals surface area (Å²) < 4.78 is 29.1. The van der Waals surface area contributed by atoms with Crippen LogP contribution in [-0.4, -0.2) is 52.2 Å². The minimum Gasteiger partial charge on any atom is -0.374 e. The first-order valence-corrected chi connectivity index (χ1v) is 12.6. The smallest absolute Gasteiger partial charge is 0.330 e. The van der Waals surface area contributed by atoms with Crippen LogP contribution in [-0.2, 0) is 24.1 Å². The molecule has 1 unspecified atom stereocenters. The zero-order valence-corrected chi connectivity index (χ0v) is 19.9. The van der Waals surface area contributed by atoms with E-state index in [4.69, 9.17) is 18.5 Å². The quantitative estimate of drug-likeness (QED) is 0.642. The summed E-state index contributed by atoms with van der Waals surface area (Å²) in [6.45, 7) is 5.08. The predicted molar refractivity (Wildman–Crippen MR) is 123 cm³/mol. The third kappa shape index (κ3) is 3.91. The van der Waals surface area contributed by atoms with Gasteiger partial charge in [0.2, 0.25) is 0 Å². The average Bonchev–Trinajstić information content (AvgIpc) is 3.50. The molecule has 5 rings (SSSR count). The van der Waals surface area contributed by atoms with Crippen molar-refractivity contribution in [1.82, 2.24) is 14.2 Å². The molecule has 9 nitrogen and oxygen atoms in total. The SMILES string of the molecule is CC[C@H]1O[C@@H](n2ccc(=O)[nH]c2=O)[C@@H](OC)C1O[P@@]1O[C@](C)(c2ccccc2)[C@@H]2CCCN21. The number of hydrogen-bond acceptors (Lipinski definition) is 7. The zero-order chi connectivity index (χ0) is 23.2. The Morgan fingerprint density at radius 3 is 2.70 bits per heavy atom. The van der Waals surface area contributed by atoms with Gasteiger partial charge < -0.3 is 18.5 Å². The zero-order valence-electron chi connectivity index (χ0n) is 19.0. The van der Waals surface area contributed by atoms with Crippen LogP contribution in [0.1, 0.15) is 44.9 Å². The van der Waals surface area contributed by atoms with Crippen LogP contribution in [0.25, 0.3) is 0 Å². The molecule has 0 saturated carbocycles. The molecule has 1 N–H and O–H groups in total. The van der Waals surface area contributed by atoms with Gasteiger partial charge in [-0.05, 0) is 31.7 Å². The van der Waals surface area contributed by atoms with Crippen LogP contribution in [0.5, 0.6) is 0 Å². The van der Waals surface area contributed by atoms with Gasteiger partial charge in [-0.3, -0.25) is 14.3 Å². The van der Waals surface area contributed by atoms with E-state index in [1.165, 1.54) is 16.8 Å². The van der Waals surface area contributed by atoms with Crippen LogP contribution < -0.4 is 11.2 Å². The van der Waals surface area contributed by atoms with E-state index in [9.17, 15) is 9.59 Å². The van der Waals surface area contributed by atoms with Crippen molar-refractivity contribution in [2.24, 2.45) is 0 Å². The molecule has 7 atom stereocenters. The van der Waals surface area contributed by atoms with Crippen molar-refractivity contribution in [2.75, 3.05) is 13.7 Å². The molecule has 4 heterocycles. The maximum atomic E-state index is 12.4. The Hall–Kier alpha value is -1.87. The normalized spacial score (nSPS) is 36.3. The van der Waals surface area contributed by atoms with Gasteiger partial charge in [-0.2, -0.15) is 0 Å². The molecule has 2 aromatic rings. The summed E-state index contributed by atoms with van der Waals surface area (Å²) >= 11 is 0. The maximum Gasteiger partial charge on any atom is 0.330 e. The summed E-state index contributed by atoms with van der Waals surface area (Å²) in [4.78, 5) is 26.2. The second-order valence-corrected chi connectivity index (χ2v) is 10.3. The molecule has 3 fully saturated rings. The number of ether oxygens (including phenoxy) is 2. The number of hydrogen-bond donors (Lipinski definition) is 1. The van der Waals surface area contributed by atoms with Gasteiger partial charge >= 0.3 is 5.69 Å². The summed E-state index contributed by atoms with van der Waals surface area (Å²) in [6, 6.07) is 11.9. The van der Waals surface area contributed by atoms with Gasteiger partial charge in [0.25, 0.3) is 14.1 Å². The van der Waals surface area contributed by atoms with Gasteiger partial charge in [0.05, 0.1) is 12.1 Å². The molecular formula is C23H30N3O6P. The molecule has 0 aliphatic carbocycles. The third-order valence-electron chi connectivity index (χ3n) is 6.98. The second kappa shape index (κ2) is 9.06. The van der Waals surface area contributed by atoms with Crippen molar-refractivity contribution < 1.29 is 18.5 Å². The summed E-state index contributed by atoms with van der Waals surface area (Å²) in [7, 11) is 0.240. The lowest BCUT2D eigenvalue weighted by molar-refractivity contribution is -0.0539. The Labute approximate surface area is 193 Å². The highest BCUT2D eigenvalue weighted by Gasteiger charge is 2.57. The first kappa shape index (κ1) is 22.9. The fourth-order valence-electron chi connectivity index (χ4n) is 5.25. The van der Waals surface area contributed by atoms with Crippen LogP contribution in [0, 0.1) is 0 Å². The van der Waals surface area contributed by atoms with Gasteiger partial charge in [0.1, 0.15) is 17.8 Å². The van der Waals surface area contributed by atoms with Crippen LogP contribution in [0.4, 0.5) is 0 Å². The van der Waals surface area contributed by atoms with Gasteiger partial charge in [0.15, 0.2) is 6.23 Å². The van der Waals surface area contributed by atoms with E-state index in [1.807, 2.05) is 25.1 Å². The lowest BCUT2D eigenvalue weighted by Crippen LogP contribution is -2.39. The summed E-state index contributed by atoms with van der Waals surface area (Å²) in [5.41, 5.74) is -0.302. The number of benzene rings is 1. The molecule has 10 heteroatoms. The van der Waals surface area contributed by atoms with Crippen molar-refractivity contribution >= 4 is 8.53 Å². The minimum atomic E-state index is -1.35. The first-order chi connectivity index (χ1) is 16.0. The molecule has 0 radical (unpaired) electrons. The Morgan fingerprint density at radius 1 is 1.21 bits per heavy atom. The first-order valence-electron chi connectivity index (χ1n) is 11.4. The van der Waals surface area contributed by atoms with Gasteiger partial charge in [-0.15, -0.1) is 0 Å². The van der Waals surface area contributed by atoms with E-state index in [1.54, 1.807) is 7.11 Å². The fraction of sp³-hybridized carbons (Fsp3) is 0.565. The number of nitrogens with one attached hydrogen (secondary N) is 1. The van der Waals surface area contributed by atoms with Crippen molar-refractivity contribution in [1.29, 1.82) is 0 Å². The third-order valence-corrected chi connectivity index (χ3v) is 8.84. The highest BCUT2D eigenvalue weighted by Crippen LogP contribution is 2.64. The van der Waals surface area contributed by atoms with Crippen molar-refractivity contribution in [3.63, 3.8) is 0 Å². The van der Waals surface area contributed by atoms with Crippen LogP contribution in [0.15, 0.2) is 52.2 Å². The molecule has 178 valence electrons. The molecular weight excluding hydrogens is 445 g/mol. The van der Waals surface area contributed by atoms with Crippen LogP contribution in [0.2, 0.25) is 0 Å². The number of H-pyrrole nitrogens is 1. The van der Waals surface area contributed by atoms with Gasteiger partial charge in [0, 0.05) is 25.9 Å². The molecule has 0 bridgehead atoms. The van der Waals surface area contributed by atoms with E-state index in [-0.39, 0.29) is 12.1 Å². The van der Waals surface area contributed by atoms with E-state index in [0.29, 0.717) is 6.42 Å². The Bertz CT molecular complexity index is 1090. The largest absolute Gasteiger partial charge is 0.374 e. The Kier molecular flexibility index (Phi) is 6.29. The van der Waals surface area contributed by atoms with Crippen LogP contribution >= 0.6 is 8.53 Å². The number of fused-ring (bicyclic) bond motifs is 1. The monoisotopic (exact) mass is 475 g/mol. The topological polar surface area (TPSA) is 95.0 Å². The molecule has 0 spiro atoms. The van der Waals surface area contributed by atoms with Crippen molar-refractivity contribution in [3.05, 3.63) is 69.0 Å². The Morgan fingerprint density at radius 2 is 2.00 bits per heavy atom. The highest BCUT2D eigenvalue weighted by molar-refractivity contribution is 7.45. The molecule has 3 saturated heterocycles. The Balaban J connectivity index is 1.43. The minimum absolute atomic E-state index is 0.243. The number of aromatic nitrogens is 2. The maximum absolute atomic E-state index is 12.4. The second-order valence-electron chi connectivity index (χ2n) is 8.88. The lowest BCUT2D eigenvalue weighted by Gasteiger charge is -2.29. The predicted octanol–water partition coefficient (Wildman–Crippen LogP) is 2.88. The van der Waals surface area contributed by atoms with Crippen molar-refractivity contribution in [2.45, 2.75) is 69.3 Å². The van der Waals surface area contributed by atoms with E-state index < -0.39 is 43.8 Å². The molecule has 33 heavy (non-hydrogen) atoms. The van der Waals surface area contributed by atoms with Crippen molar-refractivity contribution in [3.8, 4) is 0 Å². The number of nitrogens with zero attached hydrogens (tertiary/aromatic N) is 2. The number of methoxy groups -OCH3 is 1. The number of aromatic amines is 1. The van der Waals surface area contributed by atoms with E-state index in [0.717, 1.165) is 24.9 Å². The molecule has 0 amide bonds. The van der Waals surface area contributed by atoms with Crippen LogP contribution in [0.3, 0.4) is 0 Å². The number of rotatable bonds is 6. The van der Waals surface area contributed by atoms with E-state index in [2.05, 4.69) is 28.7 Å². The summed E-state index contributed by atoms with van der Waals surface area (Å²) in [6.07, 6.45) is 2.32.